The zero-order valence-corrected chi connectivity index (χ0v) is 10.3. The molecule has 0 saturated carbocycles. The summed E-state index contributed by atoms with van der Waals surface area (Å²) in [5.74, 6) is 0. The first-order chi connectivity index (χ1) is 4.27. The Morgan fingerprint density at radius 1 is 1.44 bits per heavy atom. The second-order valence-corrected chi connectivity index (χ2v) is 8.42. The minimum atomic E-state index is 0.373. The van der Waals surface area contributed by atoms with E-state index in [1.165, 1.54) is 23.7 Å². The molecular weight excluding hydrogens is 340 g/mol. The van der Waals surface area contributed by atoms with Gasteiger partial charge in [0, 0.05) is 0 Å². The molecule has 0 atom stereocenters. The van der Waals surface area contributed by atoms with Crippen molar-refractivity contribution in [3.05, 3.63) is 0 Å². The van der Waals surface area contributed by atoms with Crippen molar-refractivity contribution in [2.75, 3.05) is 11.5 Å². The van der Waals surface area contributed by atoms with E-state index < -0.39 is 0 Å². The Morgan fingerprint density at radius 3 is 2.56 bits per heavy atom. The fourth-order valence-electron chi connectivity index (χ4n) is 0.521. The predicted molar refractivity (Wildman–Crippen MR) is 46.2 cm³/mol. The molecule has 0 radical (unpaired) electrons. The molecule has 0 aliphatic rings. The number of alkyl halides is 1. The van der Waals surface area contributed by atoms with Crippen LogP contribution in [0.3, 0.4) is 0 Å². The van der Waals surface area contributed by atoms with Crippen LogP contribution in [0.1, 0.15) is 26.2 Å². The van der Waals surface area contributed by atoms with E-state index in [0.29, 0.717) is 21.5 Å². The quantitative estimate of drug-likeness (QED) is 0.278. The van der Waals surface area contributed by atoms with Gasteiger partial charge < -0.3 is 0 Å². The summed E-state index contributed by atoms with van der Waals surface area (Å²) in [7, 11) is 2.17. The molecule has 0 N–H and O–H groups in total. The predicted octanol–water partition coefficient (Wildman–Crippen LogP) is -0.538. The Balaban J connectivity index is 2.75. The molecule has 58 valence electrons. The third-order valence-electron chi connectivity index (χ3n) is 0.986. The molecule has 1 nitrogen and oxygen atoms in total. The number of halogens is 2. The van der Waals surface area contributed by atoms with Crippen molar-refractivity contribution in [3.8, 4) is 0 Å². The van der Waals surface area contributed by atoms with Gasteiger partial charge in [-0.3, -0.25) is 0 Å². The van der Waals surface area contributed by atoms with Gasteiger partial charge in [-0.25, -0.2) is 0 Å². The van der Waals surface area contributed by atoms with Crippen molar-refractivity contribution in [1.82, 2.24) is 1.33 Å². The van der Waals surface area contributed by atoms with E-state index in [9.17, 15) is 0 Å². The molecule has 9 heavy (non-hydrogen) atoms. The summed E-state index contributed by atoms with van der Waals surface area (Å²) in [6.07, 6.45) is 4.22. The molecule has 0 fully saturated rings. The van der Waals surface area contributed by atoms with Gasteiger partial charge in [-0.1, -0.05) is 0 Å². The summed E-state index contributed by atoms with van der Waals surface area (Å²) in [6, 6.07) is 0. The number of hydrogen-bond acceptors (Lipinski definition) is 1. The van der Waals surface area contributed by atoms with E-state index in [0.717, 1.165) is 0 Å². The molecule has 0 rings (SSSR count). The third-order valence-corrected chi connectivity index (χ3v) is 4.90. The Morgan fingerprint density at radius 2 is 2.11 bits per heavy atom. The Bertz CT molecular complexity index is 57.0. The first kappa shape index (κ1) is 10.4. The number of rotatable bonds is 5. The number of hydrogen-bond donors (Lipinski definition) is 0. The zero-order chi connectivity index (χ0) is 7.11. The van der Waals surface area contributed by atoms with Crippen molar-refractivity contribution < 1.29 is 21.5 Å². The van der Waals surface area contributed by atoms with Gasteiger partial charge in [0.05, 0.1) is 0 Å². The van der Waals surface area contributed by atoms with Crippen LogP contribution in [-0.2, 0) is 0 Å². The van der Waals surface area contributed by atoms with E-state index in [-0.39, 0.29) is 0 Å². The van der Waals surface area contributed by atoms with Crippen LogP contribution >= 0.6 is 22.9 Å². The summed E-state index contributed by atoms with van der Waals surface area (Å²) in [5.41, 5.74) is 0. The van der Waals surface area contributed by atoms with Crippen LogP contribution in [0.25, 0.3) is 0 Å². The van der Waals surface area contributed by atoms with Crippen LogP contribution in [0.5, 0.6) is 0 Å². The summed E-state index contributed by atoms with van der Waals surface area (Å²) in [6.45, 7) is 2.26. The summed E-state index contributed by atoms with van der Waals surface area (Å²) in [5, 5.41) is 0. The standard InChI is InChI=1S/C6H14I2N/c1-3-4-5-6-8-9(2)7/h3-6H2,1-2H3/q-1. The molecule has 0 unspecified atom stereocenters. The van der Waals surface area contributed by atoms with E-state index in [2.05, 4.69) is 38.2 Å². The van der Waals surface area contributed by atoms with Crippen LogP contribution in [0.2, 0.25) is 0 Å². The third kappa shape index (κ3) is 9.42. The Kier molecular flexibility index (Phi) is 8.71. The summed E-state index contributed by atoms with van der Waals surface area (Å²) >= 11 is 2.75. The molecule has 0 spiro atoms. The van der Waals surface area contributed by atoms with Gasteiger partial charge in [-0.05, 0) is 0 Å². The van der Waals surface area contributed by atoms with Gasteiger partial charge in [0.1, 0.15) is 0 Å². The normalized spacial score (nSPS) is 11.1. The maximum atomic E-state index is 2.38. The molecule has 0 aromatic heterocycles. The zero-order valence-electron chi connectivity index (χ0n) is 6.03. The first-order valence-corrected chi connectivity index (χ1v) is 6.71. The summed E-state index contributed by atoms with van der Waals surface area (Å²) < 4.78 is 3.79. The van der Waals surface area contributed by atoms with Gasteiger partial charge in [-0.15, -0.1) is 0 Å². The molecule has 0 aromatic rings. The molecule has 0 saturated heterocycles. The molecule has 0 amide bonds. The van der Waals surface area contributed by atoms with Gasteiger partial charge >= 0.3 is 83.3 Å². The van der Waals surface area contributed by atoms with Gasteiger partial charge in [0.25, 0.3) is 0 Å². The molecule has 0 aliphatic heterocycles. The molecular formula is C6H14I2N-. The molecule has 0 bridgehead atoms. The SMILES string of the molecule is CCCCC[I-]N(C)I. The Labute approximate surface area is 82.7 Å². The van der Waals surface area contributed by atoms with Crippen molar-refractivity contribution in [2.45, 2.75) is 26.2 Å². The fourth-order valence-corrected chi connectivity index (χ4v) is 3.29. The number of nitrogens with zero attached hydrogens (tertiary/aromatic N) is 1. The fraction of sp³-hybridized carbons (Fsp3) is 1.00. The van der Waals surface area contributed by atoms with Crippen molar-refractivity contribution >= 4 is 22.9 Å². The molecule has 0 heterocycles. The van der Waals surface area contributed by atoms with E-state index >= 15 is 0 Å². The molecule has 0 aromatic carbocycles. The van der Waals surface area contributed by atoms with Crippen LogP contribution in [0.4, 0.5) is 0 Å². The Hall–Kier alpha value is 1.42. The van der Waals surface area contributed by atoms with E-state index in [1.807, 2.05) is 0 Å². The van der Waals surface area contributed by atoms with Crippen LogP contribution < -0.4 is 21.5 Å². The second-order valence-electron chi connectivity index (χ2n) is 1.92. The van der Waals surface area contributed by atoms with Crippen LogP contribution in [-0.4, -0.2) is 12.8 Å². The number of unbranched alkanes of at least 4 members (excludes halogenated alkanes) is 2. The first-order valence-electron chi connectivity index (χ1n) is 3.26. The van der Waals surface area contributed by atoms with Crippen molar-refractivity contribution in [1.29, 1.82) is 0 Å². The van der Waals surface area contributed by atoms with Gasteiger partial charge in [0.2, 0.25) is 0 Å². The van der Waals surface area contributed by atoms with Crippen LogP contribution in [0.15, 0.2) is 0 Å². The molecule has 0 aliphatic carbocycles. The minimum absolute atomic E-state index is 0.373. The van der Waals surface area contributed by atoms with E-state index in [1.54, 1.807) is 0 Å². The monoisotopic (exact) mass is 354 g/mol. The second kappa shape index (κ2) is 7.53. The topological polar surface area (TPSA) is 3.24 Å². The maximum absolute atomic E-state index is 2.38. The van der Waals surface area contributed by atoms with Gasteiger partial charge in [-0.2, -0.15) is 0 Å². The summed E-state index contributed by atoms with van der Waals surface area (Å²) in [4.78, 5) is 0. The average molecular weight is 354 g/mol. The van der Waals surface area contributed by atoms with Crippen molar-refractivity contribution in [2.24, 2.45) is 0 Å². The van der Waals surface area contributed by atoms with Crippen LogP contribution in [0, 0.1) is 0 Å². The molecule has 3 heteroatoms. The van der Waals surface area contributed by atoms with Gasteiger partial charge in [0.15, 0.2) is 0 Å². The van der Waals surface area contributed by atoms with E-state index in [4.69, 9.17) is 0 Å². The van der Waals surface area contributed by atoms with Crippen molar-refractivity contribution in [3.63, 3.8) is 0 Å². The average Bonchev–Trinajstić information content (AvgIpc) is 1.80.